The van der Waals surface area contributed by atoms with Gasteiger partial charge in [-0.3, -0.25) is 18.5 Å². The highest BCUT2D eigenvalue weighted by Crippen LogP contribution is 2.51. The van der Waals surface area contributed by atoms with Gasteiger partial charge in [-0.05, 0) is 98.2 Å². The molecule has 0 aromatic heterocycles. The number of allylic oxidation sites excluding steroid dienone is 5. The van der Waals surface area contributed by atoms with Gasteiger partial charge in [0.25, 0.3) is 30.4 Å². The molecule has 2 aromatic rings. The minimum atomic E-state index is -4.60. The van der Waals surface area contributed by atoms with E-state index in [9.17, 15) is 43.7 Å². The van der Waals surface area contributed by atoms with Crippen molar-refractivity contribution in [3.63, 3.8) is 0 Å². The molecule has 0 spiro atoms. The Bertz CT molecular complexity index is 2000. The van der Waals surface area contributed by atoms with Crippen LogP contribution in [-0.2, 0) is 50.7 Å². The van der Waals surface area contributed by atoms with E-state index in [1.54, 1.807) is 38.1 Å². The molecule has 276 valence electrons. The number of nitrogens with zero attached hydrogens (tertiary/aromatic N) is 1. The summed E-state index contributed by atoms with van der Waals surface area (Å²) in [6.45, 7) is 10.2. The van der Waals surface area contributed by atoms with Gasteiger partial charge >= 0.3 is 5.97 Å². The molecule has 0 radical (unpaired) electrons. The number of benzene rings is 2. The molecule has 2 aromatic carbocycles. The Kier molecular flexibility index (Phi) is 13.0. The largest absolute Gasteiger partial charge is 0.481 e. The summed E-state index contributed by atoms with van der Waals surface area (Å²) < 4.78 is 107. The number of unbranched alkanes of at least 4 members (excludes halogenated alkanes) is 2. The number of aliphatic carboxylic acids is 1. The average molecular weight is 756 g/mol. The zero-order valence-corrected chi connectivity index (χ0v) is 30.9. The molecule has 2 unspecified atom stereocenters. The second kappa shape index (κ2) is 15.9. The number of rotatable bonds is 18. The Labute approximate surface area is 294 Å². The number of ether oxygens (including phenoxy) is 1. The molecule has 1 aliphatic rings. The lowest BCUT2D eigenvalue weighted by Gasteiger charge is -2.33. The van der Waals surface area contributed by atoms with Crippen LogP contribution in [0.1, 0.15) is 69.1 Å². The first-order valence-corrected chi connectivity index (χ1v) is 20.3. The molecule has 1 heterocycles. The number of aryl methyl sites for hydroxylation is 1. The molecule has 0 saturated carbocycles. The van der Waals surface area contributed by atoms with E-state index < -0.39 is 57.8 Å². The van der Waals surface area contributed by atoms with Gasteiger partial charge in [-0.25, -0.2) is 0 Å². The highest BCUT2D eigenvalue weighted by atomic mass is 32.2. The summed E-state index contributed by atoms with van der Waals surface area (Å²) >= 11 is 0. The maximum Gasteiger partial charge on any atom is 0.303 e. The minimum absolute atomic E-state index is 0.0242. The molecule has 2 atom stereocenters. The average Bonchev–Trinajstić information content (AvgIpc) is 3.23. The van der Waals surface area contributed by atoms with Crippen molar-refractivity contribution in [2.75, 3.05) is 30.9 Å². The van der Waals surface area contributed by atoms with E-state index in [4.69, 9.17) is 9.84 Å². The first-order chi connectivity index (χ1) is 23.0. The van der Waals surface area contributed by atoms with Gasteiger partial charge in [-0.2, -0.15) is 25.3 Å². The van der Waals surface area contributed by atoms with Gasteiger partial charge in [0, 0.05) is 48.9 Å². The van der Waals surface area contributed by atoms with Gasteiger partial charge in [0.1, 0.15) is 0 Å². The Morgan fingerprint density at radius 1 is 0.980 bits per heavy atom. The van der Waals surface area contributed by atoms with Gasteiger partial charge in [-0.1, -0.05) is 38.1 Å². The zero-order chi connectivity index (χ0) is 37.7. The molecule has 0 fully saturated rings. The molecule has 0 saturated heterocycles. The highest BCUT2D eigenvalue weighted by Gasteiger charge is 2.43. The summed E-state index contributed by atoms with van der Waals surface area (Å²) in [7, 11) is -12.0. The third-order valence-electron chi connectivity index (χ3n) is 9.31. The number of carboxylic acid groups (broad SMARTS) is 1. The van der Waals surface area contributed by atoms with Crippen LogP contribution in [0.2, 0.25) is 0 Å². The number of anilines is 1. The van der Waals surface area contributed by atoms with Crippen LogP contribution < -0.4 is 4.90 Å². The summed E-state index contributed by atoms with van der Waals surface area (Å²) in [5.74, 6) is -1.56. The lowest BCUT2D eigenvalue weighted by Crippen LogP contribution is -2.30. The number of methoxy groups -OCH3 is 1. The van der Waals surface area contributed by atoms with Crippen LogP contribution >= 0.6 is 0 Å². The molecule has 0 amide bonds. The molecule has 0 bridgehead atoms. The third-order valence-corrected chi connectivity index (χ3v) is 11.7. The van der Waals surface area contributed by atoms with E-state index in [0.717, 1.165) is 5.70 Å². The molecule has 13 nitrogen and oxygen atoms in total. The van der Waals surface area contributed by atoms with Crippen molar-refractivity contribution in [3.8, 4) is 0 Å². The van der Waals surface area contributed by atoms with Gasteiger partial charge in [-0.15, -0.1) is 0 Å². The van der Waals surface area contributed by atoms with E-state index in [-0.39, 0.29) is 17.7 Å². The Morgan fingerprint density at radius 2 is 1.60 bits per heavy atom. The molecule has 0 aliphatic carbocycles. The summed E-state index contributed by atoms with van der Waals surface area (Å²) in [6.07, 6.45) is 7.06. The van der Waals surface area contributed by atoms with Crippen molar-refractivity contribution in [1.29, 1.82) is 0 Å². The first kappa shape index (κ1) is 41.0. The fourth-order valence-electron chi connectivity index (χ4n) is 6.32. The van der Waals surface area contributed by atoms with E-state index in [0.29, 0.717) is 66.8 Å². The topological polar surface area (TPSA) is 213 Å². The molecule has 1 aliphatic heterocycles. The fourth-order valence-corrected chi connectivity index (χ4v) is 8.00. The van der Waals surface area contributed by atoms with Crippen molar-refractivity contribution in [2.24, 2.45) is 0 Å². The van der Waals surface area contributed by atoms with Crippen LogP contribution in [0, 0.1) is 6.92 Å². The predicted molar refractivity (Wildman–Crippen MR) is 189 cm³/mol. The SMILES string of the molecule is C=C(/C=C/C=C1/N(CCCCCC(=O)O)c2ccc(S(=O)(=O)O)cc2C1(C)CCOC)C(C)(CCS(=O)(=O)O)c1cc(S(=O)(=O)O)ccc1C. The Hall–Kier alpha value is -3.38. The van der Waals surface area contributed by atoms with Crippen LogP contribution in [0.25, 0.3) is 0 Å². The summed E-state index contributed by atoms with van der Waals surface area (Å²) in [5.41, 5.74) is 1.32. The summed E-state index contributed by atoms with van der Waals surface area (Å²) in [4.78, 5) is 12.4. The van der Waals surface area contributed by atoms with Crippen LogP contribution in [0.3, 0.4) is 0 Å². The van der Waals surface area contributed by atoms with Crippen LogP contribution in [-0.4, -0.2) is 76.0 Å². The quantitative estimate of drug-likeness (QED) is 0.0844. The summed E-state index contributed by atoms with van der Waals surface area (Å²) in [5, 5.41) is 9.05. The molecule has 3 rings (SSSR count). The molecule has 16 heteroatoms. The molecule has 4 N–H and O–H groups in total. The minimum Gasteiger partial charge on any atom is -0.481 e. The number of carboxylic acids is 1. The standard InChI is InChI=1S/C34H45NO12S3/c1-24-13-14-26(49(41,42)43)22-28(24)33(3,18-21-48(38,39)40)25(2)10-9-11-31-34(4,17-20-47-5)29-23-27(50(44,45)46)15-16-30(29)35(31)19-8-6-7-12-32(36)37/h9-11,13-16,22-23H,2,6-8,12,17-21H2,1,3-5H3,(H,36,37)(H,38,39,40)(H,41,42,43)(H,44,45,46)/b10-9+,31-11+. The monoisotopic (exact) mass is 755 g/mol. The predicted octanol–water partition coefficient (Wildman–Crippen LogP) is 5.48. The Morgan fingerprint density at radius 3 is 2.18 bits per heavy atom. The van der Waals surface area contributed by atoms with Crippen molar-refractivity contribution < 1.29 is 53.5 Å². The van der Waals surface area contributed by atoms with E-state index >= 15 is 0 Å². The van der Waals surface area contributed by atoms with Gasteiger partial charge < -0.3 is 14.7 Å². The lowest BCUT2D eigenvalue weighted by atomic mass is 9.72. The summed E-state index contributed by atoms with van der Waals surface area (Å²) in [6, 6.07) is 8.31. The fraction of sp³-hybridized carbons (Fsp3) is 0.441. The number of carbonyl (C=O) groups is 1. The second-order valence-electron chi connectivity index (χ2n) is 12.8. The van der Waals surface area contributed by atoms with Gasteiger partial charge in [0.15, 0.2) is 0 Å². The number of hydrogen-bond acceptors (Lipinski definition) is 9. The maximum absolute atomic E-state index is 12.1. The Balaban J connectivity index is 2.16. The van der Waals surface area contributed by atoms with Crippen LogP contribution in [0.4, 0.5) is 5.69 Å². The second-order valence-corrected chi connectivity index (χ2v) is 17.3. The normalized spacial score (nSPS) is 18.8. The van der Waals surface area contributed by atoms with Crippen molar-refractivity contribution in [3.05, 3.63) is 89.2 Å². The lowest BCUT2D eigenvalue weighted by molar-refractivity contribution is -0.137. The highest BCUT2D eigenvalue weighted by molar-refractivity contribution is 7.86. The van der Waals surface area contributed by atoms with Crippen LogP contribution in [0.15, 0.2) is 82.3 Å². The van der Waals surface area contributed by atoms with Crippen molar-refractivity contribution >= 4 is 42.0 Å². The number of hydrogen-bond donors (Lipinski definition) is 4. The molecule has 50 heavy (non-hydrogen) atoms. The van der Waals surface area contributed by atoms with Gasteiger partial charge in [0.05, 0.1) is 15.5 Å². The smallest absolute Gasteiger partial charge is 0.303 e. The molecular formula is C34H45NO12S3. The van der Waals surface area contributed by atoms with Crippen molar-refractivity contribution in [2.45, 2.75) is 79.9 Å². The first-order valence-electron chi connectivity index (χ1n) is 15.8. The van der Waals surface area contributed by atoms with E-state index in [1.807, 2.05) is 11.8 Å². The van der Waals surface area contributed by atoms with Gasteiger partial charge in [0.2, 0.25) is 0 Å². The number of fused-ring (bicyclic) bond motifs is 1. The van der Waals surface area contributed by atoms with Crippen LogP contribution in [0.5, 0.6) is 0 Å². The van der Waals surface area contributed by atoms with E-state index in [2.05, 4.69) is 6.58 Å². The van der Waals surface area contributed by atoms with Crippen molar-refractivity contribution in [1.82, 2.24) is 0 Å². The van der Waals surface area contributed by atoms with E-state index in [1.165, 1.54) is 37.4 Å². The zero-order valence-electron chi connectivity index (χ0n) is 28.5. The third kappa shape index (κ3) is 9.90. The molecular weight excluding hydrogens is 711 g/mol. The maximum atomic E-state index is 12.1.